The molecule has 0 saturated carbocycles. The number of piperidine rings is 1. The SMILES string of the molecule is C[C@H](Nc1cc(-c2cnn3cccnc23)nc(OCCC2CCCCN2)n1)c1ccc(F)cc1F.[HH].[HH]. The van der Waals surface area contributed by atoms with E-state index in [4.69, 9.17) is 4.74 Å². The molecule has 4 aromatic rings. The fourth-order valence-corrected chi connectivity index (χ4v) is 4.32. The zero-order valence-corrected chi connectivity index (χ0v) is 19.4. The van der Waals surface area contributed by atoms with Crippen molar-refractivity contribution in [2.75, 3.05) is 18.5 Å². The lowest BCUT2D eigenvalue weighted by molar-refractivity contribution is 0.252. The van der Waals surface area contributed by atoms with Gasteiger partial charge in [-0.1, -0.05) is 12.5 Å². The minimum absolute atomic E-state index is 0. The van der Waals surface area contributed by atoms with Crippen LogP contribution in [0.15, 0.2) is 48.9 Å². The summed E-state index contributed by atoms with van der Waals surface area (Å²) in [5.41, 5.74) is 2.27. The van der Waals surface area contributed by atoms with Crippen molar-refractivity contribution in [3.05, 3.63) is 66.1 Å². The number of ether oxygens (including phenoxy) is 1. The van der Waals surface area contributed by atoms with E-state index in [9.17, 15) is 8.78 Å². The molecule has 0 aliphatic carbocycles. The summed E-state index contributed by atoms with van der Waals surface area (Å²) in [6, 6.07) is 7.24. The maximum atomic E-state index is 14.3. The van der Waals surface area contributed by atoms with E-state index in [2.05, 4.69) is 30.7 Å². The number of nitrogens with one attached hydrogen (secondary N) is 2. The number of nitrogens with zero attached hydrogens (tertiary/aromatic N) is 5. The molecule has 4 heterocycles. The lowest BCUT2D eigenvalue weighted by atomic mass is 10.0. The lowest BCUT2D eigenvalue weighted by Gasteiger charge is -2.23. The first-order chi connectivity index (χ1) is 17.1. The molecule has 1 unspecified atom stereocenters. The van der Waals surface area contributed by atoms with Crippen LogP contribution in [-0.4, -0.2) is 43.8 Å². The smallest absolute Gasteiger partial charge is 0.318 e. The molecule has 2 N–H and O–H groups in total. The zero-order chi connectivity index (χ0) is 24.2. The Kier molecular flexibility index (Phi) is 6.80. The zero-order valence-electron chi connectivity index (χ0n) is 19.4. The molecule has 1 fully saturated rings. The third-order valence-corrected chi connectivity index (χ3v) is 6.16. The molecule has 2 atom stereocenters. The van der Waals surface area contributed by atoms with E-state index >= 15 is 0 Å². The second-order valence-corrected chi connectivity index (χ2v) is 8.68. The van der Waals surface area contributed by atoms with E-state index in [1.807, 2.05) is 0 Å². The highest BCUT2D eigenvalue weighted by atomic mass is 19.1. The molecule has 8 nitrogen and oxygen atoms in total. The van der Waals surface area contributed by atoms with Gasteiger partial charge in [0.2, 0.25) is 0 Å². The van der Waals surface area contributed by atoms with Crippen molar-refractivity contribution in [1.82, 2.24) is 29.9 Å². The van der Waals surface area contributed by atoms with Crippen LogP contribution in [0.3, 0.4) is 0 Å². The predicted molar refractivity (Wildman–Crippen MR) is 132 cm³/mol. The van der Waals surface area contributed by atoms with Gasteiger partial charge in [0.1, 0.15) is 17.5 Å². The molecule has 1 aliphatic heterocycles. The van der Waals surface area contributed by atoms with E-state index in [0.29, 0.717) is 35.4 Å². The first kappa shape index (κ1) is 23.1. The minimum atomic E-state index is -0.623. The molecule has 3 aromatic heterocycles. The Morgan fingerprint density at radius 2 is 2.17 bits per heavy atom. The summed E-state index contributed by atoms with van der Waals surface area (Å²) in [5, 5.41) is 11.1. The highest BCUT2D eigenvalue weighted by Crippen LogP contribution is 2.28. The highest BCUT2D eigenvalue weighted by Gasteiger charge is 2.18. The van der Waals surface area contributed by atoms with Crippen LogP contribution < -0.4 is 15.4 Å². The van der Waals surface area contributed by atoms with Crippen molar-refractivity contribution in [2.24, 2.45) is 0 Å². The molecule has 10 heteroatoms. The second kappa shape index (κ2) is 10.3. The van der Waals surface area contributed by atoms with Crippen molar-refractivity contribution < 1.29 is 16.4 Å². The van der Waals surface area contributed by atoms with Gasteiger partial charge in [0.25, 0.3) is 0 Å². The highest BCUT2D eigenvalue weighted by molar-refractivity contribution is 5.75. The first-order valence-corrected chi connectivity index (χ1v) is 11.8. The van der Waals surface area contributed by atoms with Crippen LogP contribution >= 0.6 is 0 Å². The fraction of sp³-hybridized carbons (Fsp3) is 0.360. The molecule has 1 aliphatic rings. The fourth-order valence-electron chi connectivity index (χ4n) is 4.32. The number of benzene rings is 1. The van der Waals surface area contributed by atoms with Crippen molar-refractivity contribution >= 4 is 11.5 Å². The van der Waals surface area contributed by atoms with Crippen LogP contribution in [-0.2, 0) is 0 Å². The number of anilines is 1. The van der Waals surface area contributed by atoms with Crippen LogP contribution in [0.4, 0.5) is 14.6 Å². The first-order valence-electron chi connectivity index (χ1n) is 11.8. The van der Waals surface area contributed by atoms with Gasteiger partial charge >= 0.3 is 6.01 Å². The van der Waals surface area contributed by atoms with E-state index in [0.717, 1.165) is 31.0 Å². The van der Waals surface area contributed by atoms with Crippen LogP contribution in [0.5, 0.6) is 6.01 Å². The molecule has 35 heavy (non-hydrogen) atoms. The number of halogens is 2. The van der Waals surface area contributed by atoms with Crippen molar-refractivity contribution in [3.63, 3.8) is 0 Å². The van der Waals surface area contributed by atoms with Crippen LogP contribution in [0, 0.1) is 11.6 Å². The Hall–Kier alpha value is -3.66. The Morgan fingerprint density at radius 3 is 3.00 bits per heavy atom. The Labute approximate surface area is 204 Å². The van der Waals surface area contributed by atoms with Gasteiger partial charge in [0.15, 0.2) is 5.65 Å². The number of fused-ring (bicyclic) bond motifs is 1. The quantitative estimate of drug-likeness (QED) is 0.363. The topological polar surface area (TPSA) is 89.3 Å². The average molecular weight is 484 g/mol. The summed E-state index contributed by atoms with van der Waals surface area (Å²) in [5.74, 6) is -0.790. The van der Waals surface area contributed by atoms with Crippen LogP contribution in [0.1, 0.15) is 47.1 Å². The third-order valence-electron chi connectivity index (χ3n) is 6.16. The molecule has 1 saturated heterocycles. The molecule has 1 aromatic carbocycles. The number of rotatable bonds is 8. The lowest BCUT2D eigenvalue weighted by Crippen LogP contribution is -2.35. The normalized spacial score (nSPS) is 16.8. The van der Waals surface area contributed by atoms with Gasteiger partial charge in [0.05, 0.1) is 30.1 Å². The predicted octanol–water partition coefficient (Wildman–Crippen LogP) is 5.04. The maximum Gasteiger partial charge on any atom is 0.318 e. The molecular weight excluding hydrogens is 452 g/mol. The van der Waals surface area contributed by atoms with Gasteiger partial charge in [-0.2, -0.15) is 15.1 Å². The maximum absolute atomic E-state index is 14.3. The number of hydrogen-bond donors (Lipinski definition) is 2. The Balaban J connectivity index is 0.00000190. The summed E-state index contributed by atoms with van der Waals surface area (Å²) in [6.45, 7) is 3.28. The Bertz CT molecular complexity index is 1320. The van der Waals surface area contributed by atoms with Gasteiger partial charge in [0, 0.05) is 39.0 Å². The average Bonchev–Trinajstić information content (AvgIpc) is 3.29. The van der Waals surface area contributed by atoms with E-state index in [-0.39, 0.29) is 8.86 Å². The van der Waals surface area contributed by atoms with E-state index in [1.54, 1.807) is 42.2 Å². The van der Waals surface area contributed by atoms with Gasteiger partial charge in [-0.3, -0.25) is 0 Å². The second-order valence-electron chi connectivity index (χ2n) is 8.68. The van der Waals surface area contributed by atoms with E-state index in [1.165, 1.54) is 25.0 Å². The molecule has 186 valence electrons. The molecule has 0 radical (unpaired) electrons. The van der Waals surface area contributed by atoms with Gasteiger partial charge < -0.3 is 15.4 Å². The van der Waals surface area contributed by atoms with Crippen LogP contribution in [0.2, 0.25) is 0 Å². The van der Waals surface area contributed by atoms with Crippen LogP contribution in [0.25, 0.3) is 16.9 Å². The summed E-state index contributed by atoms with van der Waals surface area (Å²) in [6.07, 6.45) is 9.59. The van der Waals surface area contributed by atoms with Gasteiger partial charge in [-0.15, -0.1) is 0 Å². The summed E-state index contributed by atoms with van der Waals surface area (Å²) >= 11 is 0. The molecule has 5 rings (SSSR count). The third kappa shape index (κ3) is 5.37. The van der Waals surface area contributed by atoms with Gasteiger partial charge in [-0.25, -0.2) is 18.3 Å². The van der Waals surface area contributed by atoms with Gasteiger partial charge in [-0.05, 0) is 44.9 Å². The van der Waals surface area contributed by atoms with Crippen molar-refractivity contribution in [1.29, 1.82) is 0 Å². The molecule has 0 spiro atoms. The molecule has 0 bridgehead atoms. The summed E-state index contributed by atoms with van der Waals surface area (Å²) < 4.78 is 35.3. The Morgan fingerprint density at radius 1 is 1.26 bits per heavy atom. The molecular formula is C25H31F2N7O. The minimum Gasteiger partial charge on any atom is -0.463 e. The summed E-state index contributed by atoms with van der Waals surface area (Å²) in [4.78, 5) is 13.5. The molecule has 0 amide bonds. The monoisotopic (exact) mass is 483 g/mol. The largest absolute Gasteiger partial charge is 0.463 e. The van der Waals surface area contributed by atoms with Crippen molar-refractivity contribution in [2.45, 2.75) is 44.7 Å². The van der Waals surface area contributed by atoms with Crippen molar-refractivity contribution in [3.8, 4) is 17.3 Å². The van der Waals surface area contributed by atoms with E-state index < -0.39 is 17.7 Å². The summed E-state index contributed by atoms with van der Waals surface area (Å²) in [7, 11) is 0. The number of aromatic nitrogens is 5. The standard InChI is InChI=1S/C25H27F2N7O.2H2/c1-16(19-7-6-17(26)13-21(19)27)31-23-14-22(20-15-30-34-11-4-10-29-24(20)34)32-25(33-23)35-12-8-18-5-2-3-9-28-18;;/h4,6-7,10-11,13-16,18,28H,2-3,5,8-9,12H2,1H3,(H,31,32,33);2*1H/t16-,18?;;/m0../s1. The number of hydrogen-bond acceptors (Lipinski definition) is 7.